The highest BCUT2D eigenvalue weighted by Crippen LogP contribution is 2.58. The molecule has 0 aromatic heterocycles. The Labute approximate surface area is 88.4 Å². The molecule has 0 atom stereocenters. The van der Waals surface area contributed by atoms with Gasteiger partial charge in [-0.1, -0.05) is 0 Å². The third-order valence-corrected chi connectivity index (χ3v) is 9.12. The Morgan fingerprint density at radius 1 is 1.07 bits per heavy atom. The average Bonchev–Trinajstić information content (AvgIpc) is 2.11. The van der Waals surface area contributed by atoms with Gasteiger partial charge in [-0.2, -0.15) is 0 Å². The summed E-state index contributed by atoms with van der Waals surface area (Å²) in [4.78, 5) is 0. The molecule has 0 bridgehead atoms. The first-order valence-electron chi connectivity index (χ1n) is 5.17. The first-order valence-corrected chi connectivity index (χ1v) is 9.28. The van der Waals surface area contributed by atoms with Gasteiger partial charge in [0.05, 0.1) is 34.8 Å². The Bertz CT molecular complexity index is 237. The van der Waals surface area contributed by atoms with Crippen LogP contribution in [0.15, 0.2) is 0 Å². The van der Waals surface area contributed by atoms with Crippen LogP contribution in [-0.4, -0.2) is 43.4 Å². The fourth-order valence-electron chi connectivity index (χ4n) is 1.72. The van der Waals surface area contributed by atoms with Gasteiger partial charge in [0, 0.05) is 13.0 Å². The summed E-state index contributed by atoms with van der Waals surface area (Å²) in [5.41, 5.74) is 0. The van der Waals surface area contributed by atoms with E-state index in [0.29, 0.717) is 6.42 Å². The molecule has 0 heterocycles. The van der Waals surface area contributed by atoms with Crippen molar-refractivity contribution in [2.75, 3.05) is 30.4 Å². The standard InChI is InChI=1S/C9H21O3PS/c1-4-13(5-2,6-3)8-7-9-14(10,11)12/h4-9H2,1-3H3. The quantitative estimate of drug-likeness (QED) is 0.505. The molecule has 0 radical (unpaired) electrons. The molecule has 0 fully saturated rings. The summed E-state index contributed by atoms with van der Waals surface area (Å²) in [5, 5.41) is 0. The lowest BCUT2D eigenvalue weighted by molar-refractivity contribution is 0.462. The van der Waals surface area contributed by atoms with Gasteiger partial charge in [-0.3, -0.25) is 0 Å². The van der Waals surface area contributed by atoms with Crippen molar-refractivity contribution in [1.82, 2.24) is 0 Å². The molecule has 0 N–H and O–H groups in total. The van der Waals surface area contributed by atoms with Gasteiger partial charge in [0.2, 0.25) is 0 Å². The molecule has 0 aliphatic rings. The summed E-state index contributed by atoms with van der Waals surface area (Å²) in [7, 11) is -4.93. The molecular weight excluding hydrogens is 219 g/mol. The van der Waals surface area contributed by atoms with Gasteiger partial charge >= 0.3 is 0 Å². The van der Waals surface area contributed by atoms with E-state index < -0.39 is 17.4 Å². The number of hydrogen-bond acceptors (Lipinski definition) is 3. The number of rotatable bonds is 7. The minimum atomic E-state index is -4.00. The second kappa shape index (κ2) is 6.04. The Kier molecular flexibility index (Phi) is 6.19. The van der Waals surface area contributed by atoms with Gasteiger partial charge in [-0.05, 0) is 27.2 Å². The van der Waals surface area contributed by atoms with Gasteiger partial charge < -0.3 is 4.55 Å². The zero-order valence-corrected chi connectivity index (χ0v) is 11.0. The van der Waals surface area contributed by atoms with E-state index in [2.05, 4.69) is 20.8 Å². The van der Waals surface area contributed by atoms with E-state index in [-0.39, 0.29) is 5.75 Å². The van der Waals surface area contributed by atoms with E-state index in [1.807, 2.05) is 0 Å². The summed E-state index contributed by atoms with van der Waals surface area (Å²) >= 11 is 0. The molecular formula is C9H21O3PS. The summed E-state index contributed by atoms with van der Waals surface area (Å²) in [5.74, 6) is -0.186. The first kappa shape index (κ1) is 14.3. The lowest BCUT2D eigenvalue weighted by Crippen LogP contribution is -2.12. The van der Waals surface area contributed by atoms with Crippen molar-refractivity contribution in [3.8, 4) is 0 Å². The molecule has 0 rings (SSSR count). The van der Waals surface area contributed by atoms with Gasteiger partial charge in [-0.25, -0.2) is 8.42 Å². The van der Waals surface area contributed by atoms with Crippen LogP contribution < -0.4 is 0 Å². The van der Waals surface area contributed by atoms with Crippen molar-refractivity contribution in [2.45, 2.75) is 27.2 Å². The van der Waals surface area contributed by atoms with Crippen LogP contribution in [0.2, 0.25) is 0 Å². The molecule has 0 aromatic carbocycles. The molecule has 0 saturated carbocycles. The average molecular weight is 240 g/mol. The van der Waals surface area contributed by atoms with Crippen LogP contribution in [0.25, 0.3) is 0 Å². The van der Waals surface area contributed by atoms with Crippen molar-refractivity contribution in [2.24, 2.45) is 0 Å². The fraction of sp³-hybridized carbons (Fsp3) is 1.00. The molecule has 86 valence electrons. The maximum absolute atomic E-state index is 10.4. The van der Waals surface area contributed by atoms with Crippen molar-refractivity contribution >= 4 is 17.4 Å². The summed E-state index contributed by atoms with van der Waals surface area (Å²) in [6.45, 7) is 6.52. The normalized spacial score (nSPS) is 13.1. The summed E-state index contributed by atoms with van der Waals surface area (Å²) in [6.07, 6.45) is 5.00. The highest BCUT2D eigenvalue weighted by atomic mass is 32.2. The maximum atomic E-state index is 10.4. The van der Waals surface area contributed by atoms with Gasteiger partial charge in [-0.15, -0.1) is 0 Å². The monoisotopic (exact) mass is 240 g/mol. The van der Waals surface area contributed by atoms with Crippen LogP contribution in [0, 0.1) is 0 Å². The van der Waals surface area contributed by atoms with Crippen LogP contribution in [0.4, 0.5) is 0 Å². The second-order valence-electron chi connectivity index (χ2n) is 3.63. The van der Waals surface area contributed by atoms with E-state index in [1.165, 1.54) is 18.5 Å². The first-order chi connectivity index (χ1) is 6.39. The smallest absolute Gasteiger partial charge is 0.0947 e. The van der Waals surface area contributed by atoms with Crippen LogP contribution in [-0.2, 0) is 10.1 Å². The molecule has 0 unspecified atom stereocenters. The summed E-state index contributed by atoms with van der Waals surface area (Å²) < 4.78 is 31.3. The molecule has 5 heteroatoms. The predicted octanol–water partition coefficient (Wildman–Crippen LogP) is 2.00. The second-order valence-corrected chi connectivity index (χ2v) is 10.2. The minimum Gasteiger partial charge on any atom is -0.748 e. The minimum absolute atomic E-state index is 0.186. The van der Waals surface area contributed by atoms with Gasteiger partial charge in [0.1, 0.15) is 0 Å². The number of hydrogen-bond donors (Lipinski definition) is 0. The Morgan fingerprint density at radius 2 is 1.50 bits per heavy atom. The highest BCUT2D eigenvalue weighted by Gasteiger charge is 2.30. The van der Waals surface area contributed by atoms with E-state index in [1.54, 1.807) is 0 Å². The third-order valence-electron chi connectivity index (χ3n) is 3.04. The Morgan fingerprint density at radius 3 is 1.79 bits per heavy atom. The maximum Gasteiger partial charge on any atom is 0.0947 e. The van der Waals surface area contributed by atoms with E-state index >= 15 is 0 Å². The predicted molar refractivity (Wildman–Crippen MR) is 62.6 cm³/mol. The van der Waals surface area contributed by atoms with Gasteiger partial charge in [0.15, 0.2) is 0 Å². The topological polar surface area (TPSA) is 57.2 Å². The third kappa shape index (κ3) is 5.28. The van der Waals surface area contributed by atoms with Crippen molar-refractivity contribution in [1.29, 1.82) is 0 Å². The van der Waals surface area contributed by atoms with Crippen LogP contribution in [0.3, 0.4) is 0 Å². The van der Waals surface area contributed by atoms with Gasteiger partial charge in [0.25, 0.3) is 0 Å². The van der Waals surface area contributed by atoms with E-state index in [4.69, 9.17) is 0 Å². The molecule has 0 aromatic rings. The van der Waals surface area contributed by atoms with Crippen LogP contribution in [0.5, 0.6) is 0 Å². The zero-order valence-electron chi connectivity index (χ0n) is 9.32. The molecule has 0 amide bonds. The molecule has 3 nitrogen and oxygen atoms in total. The van der Waals surface area contributed by atoms with E-state index in [9.17, 15) is 13.0 Å². The SMILES string of the molecule is CC[P+](CC)(CC)CCCS(=O)(=O)[O-]. The van der Waals surface area contributed by atoms with Crippen molar-refractivity contribution in [3.63, 3.8) is 0 Å². The zero-order chi connectivity index (χ0) is 11.2. The Hall–Kier alpha value is 0.340. The molecule has 0 spiro atoms. The fourth-order valence-corrected chi connectivity index (χ4v) is 5.55. The lowest BCUT2D eigenvalue weighted by atomic mass is 10.6. The van der Waals surface area contributed by atoms with Crippen LogP contribution >= 0.6 is 7.26 Å². The van der Waals surface area contributed by atoms with Crippen molar-refractivity contribution in [3.05, 3.63) is 0 Å². The molecule has 0 saturated heterocycles. The van der Waals surface area contributed by atoms with Crippen molar-refractivity contribution < 1.29 is 13.0 Å². The Balaban J connectivity index is 4.08. The largest absolute Gasteiger partial charge is 0.748 e. The van der Waals surface area contributed by atoms with Crippen LogP contribution in [0.1, 0.15) is 27.2 Å². The lowest BCUT2D eigenvalue weighted by Gasteiger charge is -2.23. The van der Waals surface area contributed by atoms with E-state index in [0.717, 1.165) is 6.16 Å². The summed E-state index contributed by atoms with van der Waals surface area (Å²) in [6, 6.07) is 0. The molecule has 0 aliphatic carbocycles. The molecule has 0 aliphatic heterocycles. The highest BCUT2D eigenvalue weighted by molar-refractivity contribution is 7.85. The molecule has 14 heavy (non-hydrogen) atoms.